The van der Waals surface area contributed by atoms with E-state index in [0.29, 0.717) is 26.1 Å². The summed E-state index contributed by atoms with van der Waals surface area (Å²) in [5.74, 6) is -0.457. The van der Waals surface area contributed by atoms with Crippen LogP contribution in [-0.4, -0.2) is 56.0 Å². The highest BCUT2D eigenvalue weighted by atomic mass is 32.2. The van der Waals surface area contributed by atoms with Gasteiger partial charge in [-0.05, 0) is 24.1 Å². The Labute approximate surface area is 125 Å². The average Bonchev–Trinajstić information content (AvgIpc) is 2.84. The Morgan fingerprint density at radius 1 is 1.43 bits per heavy atom. The Morgan fingerprint density at radius 2 is 2.14 bits per heavy atom. The molecule has 2 heterocycles. The van der Waals surface area contributed by atoms with Gasteiger partial charge in [0.05, 0.1) is 24.0 Å². The van der Waals surface area contributed by atoms with Crippen molar-refractivity contribution in [3.63, 3.8) is 0 Å². The van der Waals surface area contributed by atoms with Crippen LogP contribution in [0.2, 0.25) is 0 Å². The number of methoxy groups -OCH3 is 1. The number of aromatic nitrogens is 1. The highest BCUT2D eigenvalue weighted by Crippen LogP contribution is 2.21. The first-order valence-electron chi connectivity index (χ1n) is 6.89. The number of pyridine rings is 1. The molecule has 1 amide bonds. The highest BCUT2D eigenvalue weighted by Gasteiger charge is 2.35. The quantitative estimate of drug-likeness (QED) is 0.764. The maximum absolute atomic E-state index is 12.5. The van der Waals surface area contributed by atoms with Crippen LogP contribution in [-0.2, 0) is 25.9 Å². The summed E-state index contributed by atoms with van der Waals surface area (Å²) in [4.78, 5) is 18.2. The summed E-state index contributed by atoms with van der Waals surface area (Å²) in [6.07, 6.45) is 3.77. The summed E-state index contributed by atoms with van der Waals surface area (Å²) >= 11 is 0. The van der Waals surface area contributed by atoms with Gasteiger partial charge >= 0.3 is 0 Å². The van der Waals surface area contributed by atoms with Gasteiger partial charge in [-0.15, -0.1) is 0 Å². The minimum absolute atomic E-state index is 0.0361. The minimum Gasteiger partial charge on any atom is -0.383 e. The molecule has 1 atom stereocenters. The zero-order valence-corrected chi connectivity index (χ0v) is 12.9. The lowest BCUT2D eigenvalue weighted by atomic mass is 10.1. The number of nitrogens with zero attached hydrogens (tertiary/aromatic N) is 2. The van der Waals surface area contributed by atoms with E-state index >= 15 is 0 Å². The Hall–Kier alpha value is -1.47. The van der Waals surface area contributed by atoms with Crippen molar-refractivity contribution >= 4 is 15.7 Å². The third-order valence-electron chi connectivity index (χ3n) is 3.58. The van der Waals surface area contributed by atoms with E-state index in [1.807, 2.05) is 12.1 Å². The van der Waals surface area contributed by atoms with Crippen molar-refractivity contribution in [2.75, 3.05) is 31.8 Å². The molecule has 0 aliphatic carbocycles. The Balaban J connectivity index is 2.06. The molecule has 0 saturated carbocycles. The maximum Gasteiger partial charge on any atom is 0.227 e. The third kappa shape index (κ3) is 4.50. The second-order valence-corrected chi connectivity index (χ2v) is 7.44. The topological polar surface area (TPSA) is 76.6 Å². The molecule has 6 nitrogen and oxygen atoms in total. The van der Waals surface area contributed by atoms with Crippen molar-refractivity contribution in [2.45, 2.75) is 13.0 Å². The van der Waals surface area contributed by atoms with Crippen molar-refractivity contribution in [1.29, 1.82) is 0 Å². The van der Waals surface area contributed by atoms with Crippen LogP contribution < -0.4 is 0 Å². The zero-order chi connectivity index (χ0) is 15.3. The second kappa shape index (κ2) is 7.00. The molecule has 1 aliphatic rings. The molecular formula is C14H20N2O4S. The van der Waals surface area contributed by atoms with Gasteiger partial charge in [-0.2, -0.15) is 0 Å². The van der Waals surface area contributed by atoms with Crippen molar-refractivity contribution in [2.24, 2.45) is 5.92 Å². The SMILES string of the molecule is COCCN(Cc1ccncc1)C(=O)[C@H]1CCS(=O)(=O)C1. The van der Waals surface area contributed by atoms with Gasteiger partial charge in [-0.1, -0.05) is 0 Å². The fourth-order valence-corrected chi connectivity index (χ4v) is 4.16. The summed E-state index contributed by atoms with van der Waals surface area (Å²) in [6, 6.07) is 3.69. The van der Waals surface area contributed by atoms with E-state index in [9.17, 15) is 13.2 Å². The van der Waals surface area contributed by atoms with Crippen LogP contribution in [0.15, 0.2) is 24.5 Å². The molecule has 0 unspecified atom stereocenters. The third-order valence-corrected chi connectivity index (χ3v) is 5.35. The summed E-state index contributed by atoms with van der Waals surface area (Å²) in [5, 5.41) is 0. The zero-order valence-electron chi connectivity index (χ0n) is 12.1. The molecule has 0 aromatic carbocycles. The molecule has 0 bridgehead atoms. The molecule has 0 N–H and O–H groups in total. The van der Waals surface area contributed by atoms with Crippen LogP contribution >= 0.6 is 0 Å². The van der Waals surface area contributed by atoms with Crippen molar-refractivity contribution in [3.8, 4) is 0 Å². The van der Waals surface area contributed by atoms with Crippen LogP contribution in [0.4, 0.5) is 0 Å². The number of ether oxygens (including phenoxy) is 1. The Bertz CT molecular complexity index is 574. The molecule has 116 valence electrons. The van der Waals surface area contributed by atoms with Crippen LogP contribution in [0.1, 0.15) is 12.0 Å². The molecular weight excluding hydrogens is 292 g/mol. The largest absolute Gasteiger partial charge is 0.383 e. The number of carbonyl (C=O) groups excluding carboxylic acids is 1. The lowest BCUT2D eigenvalue weighted by Crippen LogP contribution is -2.38. The van der Waals surface area contributed by atoms with Gasteiger partial charge in [0.2, 0.25) is 5.91 Å². The lowest BCUT2D eigenvalue weighted by molar-refractivity contribution is -0.136. The molecule has 21 heavy (non-hydrogen) atoms. The molecule has 2 rings (SSSR count). The Kier molecular flexibility index (Phi) is 5.30. The molecule has 1 aliphatic heterocycles. The van der Waals surface area contributed by atoms with Gasteiger partial charge < -0.3 is 9.64 Å². The van der Waals surface area contributed by atoms with Gasteiger partial charge in [0.15, 0.2) is 9.84 Å². The van der Waals surface area contributed by atoms with Crippen molar-refractivity contribution in [3.05, 3.63) is 30.1 Å². The van der Waals surface area contributed by atoms with Gasteiger partial charge in [-0.25, -0.2) is 8.42 Å². The van der Waals surface area contributed by atoms with E-state index in [0.717, 1.165) is 5.56 Å². The summed E-state index contributed by atoms with van der Waals surface area (Å²) in [5.41, 5.74) is 0.968. The molecule has 1 aromatic rings. The van der Waals surface area contributed by atoms with E-state index in [1.165, 1.54) is 0 Å². The lowest BCUT2D eigenvalue weighted by Gasteiger charge is -2.25. The fourth-order valence-electron chi connectivity index (χ4n) is 2.43. The van der Waals surface area contributed by atoms with E-state index in [4.69, 9.17) is 4.74 Å². The van der Waals surface area contributed by atoms with Crippen LogP contribution in [0.5, 0.6) is 0 Å². The van der Waals surface area contributed by atoms with E-state index in [2.05, 4.69) is 4.98 Å². The number of hydrogen-bond acceptors (Lipinski definition) is 5. The summed E-state index contributed by atoms with van der Waals surface area (Å²) in [7, 11) is -1.48. The smallest absolute Gasteiger partial charge is 0.227 e. The number of amides is 1. The highest BCUT2D eigenvalue weighted by molar-refractivity contribution is 7.91. The van der Waals surface area contributed by atoms with Crippen LogP contribution in [0.25, 0.3) is 0 Å². The first-order valence-corrected chi connectivity index (χ1v) is 8.71. The predicted molar refractivity (Wildman–Crippen MR) is 78.3 cm³/mol. The maximum atomic E-state index is 12.5. The van der Waals surface area contributed by atoms with Crippen molar-refractivity contribution in [1.82, 2.24) is 9.88 Å². The normalized spacial score (nSPS) is 20.3. The number of rotatable bonds is 6. The van der Waals surface area contributed by atoms with E-state index in [-0.39, 0.29) is 17.4 Å². The van der Waals surface area contributed by atoms with E-state index < -0.39 is 15.8 Å². The molecule has 1 fully saturated rings. The summed E-state index contributed by atoms with van der Waals surface area (Å²) < 4.78 is 28.1. The minimum atomic E-state index is -3.06. The monoisotopic (exact) mass is 312 g/mol. The molecule has 1 aromatic heterocycles. The van der Waals surface area contributed by atoms with E-state index in [1.54, 1.807) is 24.4 Å². The number of carbonyl (C=O) groups is 1. The first kappa shape index (κ1) is 15.9. The standard InChI is InChI=1S/C14H20N2O4S/c1-20-8-7-16(10-12-2-5-15-6-3-12)14(17)13-4-9-21(18,19)11-13/h2-3,5-6,13H,4,7-11H2,1H3/t13-/m0/s1. The number of hydrogen-bond donors (Lipinski definition) is 0. The van der Waals surface area contributed by atoms with Crippen molar-refractivity contribution < 1.29 is 17.9 Å². The first-order chi connectivity index (χ1) is 10.0. The molecule has 7 heteroatoms. The van der Waals surface area contributed by atoms with Gasteiger partial charge in [0, 0.05) is 32.6 Å². The van der Waals surface area contributed by atoms with Crippen LogP contribution in [0.3, 0.4) is 0 Å². The van der Waals surface area contributed by atoms with Gasteiger partial charge in [0.1, 0.15) is 0 Å². The van der Waals surface area contributed by atoms with Crippen LogP contribution in [0, 0.1) is 5.92 Å². The second-order valence-electron chi connectivity index (χ2n) is 5.21. The fraction of sp³-hybridized carbons (Fsp3) is 0.571. The molecule has 0 spiro atoms. The summed E-state index contributed by atoms with van der Waals surface area (Å²) in [6.45, 7) is 1.33. The Morgan fingerprint density at radius 3 is 2.71 bits per heavy atom. The predicted octanol–water partition coefficient (Wildman–Crippen LogP) is 0.491. The van der Waals surface area contributed by atoms with Gasteiger partial charge in [0.25, 0.3) is 0 Å². The van der Waals surface area contributed by atoms with Gasteiger partial charge in [-0.3, -0.25) is 9.78 Å². The molecule has 0 radical (unpaired) electrons. The number of sulfone groups is 1. The average molecular weight is 312 g/mol. The molecule has 1 saturated heterocycles.